The van der Waals surface area contributed by atoms with E-state index in [0.717, 1.165) is 0 Å². The van der Waals surface area contributed by atoms with Gasteiger partial charge in [-0.25, -0.2) is 13.8 Å². The van der Waals surface area contributed by atoms with Crippen LogP contribution in [0, 0.1) is 0 Å². The van der Waals surface area contributed by atoms with Crippen molar-refractivity contribution in [1.82, 2.24) is 19.4 Å². The van der Waals surface area contributed by atoms with E-state index in [2.05, 4.69) is 4.98 Å². The van der Waals surface area contributed by atoms with Gasteiger partial charge in [-0.05, 0) is 12.8 Å². The van der Waals surface area contributed by atoms with Crippen molar-refractivity contribution in [1.29, 1.82) is 0 Å². The zero-order valence-electron chi connectivity index (χ0n) is 13.2. The van der Waals surface area contributed by atoms with Gasteiger partial charge in [-0.1, -0.05) is 0 Å². The number of piperidine rings is 1. The van der Waals surface area contributed by atoms with Gasteiger partial charge in [0.2, 0.25) is 0 Å². The van der Waals surface area contributed by atoms with Crippen LogP contribution in [0.4, 0.5) is 8.78 Å². The molecule has 2 aliphatic heterocycles. The Labute approximate surface area is 133 Å². The monoisotopic (exact) mass is 328 g/mol. The second-order valence-electron chi connectivity index (χ2n) is 6.45. The van der Waals surface area contributed by atoms with Crippen molar-refractivity contribution in [2.24, 2.45) is 7.05 Å². The van der Waals surface area contributed by atoms with Crippen molar-refractivity contribution < 1.29 is 18.7 Å². The minimum atomic E-state index is -2.73. The maximum Gasteiger partial charge on any atom is 0.289 e. The Morgan fingerprint density at radius 1 is 1.43 bits per heavy atom. The molecule has 0 aromatic carbocycles. The average molecular weight is 328 g/mol. The number of aromatic nitrogens is 2. The summed E-state index contributed by atoms with van der Waals surface area (Å²) < 4.78 is 28.9. The van der Waals surface area contributed by atoms with Gasteiger partial charge in [-0.3, -0.25) is 9.69 Å². The molecule has 0 bridgehead atoms. The highest BCUT2D eigenvalue weighted by molar-refractivity contribution is 5.90. The normalized spacial score (nSPS) is 25.9. The molecule has 1 atom stereocenters. The third-order valence-electron chi connectivity index (χ3n) is 4.86. The van der Waals surface area contributed by atoms with E-state index in [1.807, 2.05) is 0 Å². The number of nitrogens with zero attached hydrogens (tertiary/aromatic N) is 4. The molecule has 1 N–H and O–H groups in total. The molecule has 2 saturated heterocycles. The molecule has 23 heavy (non-hydrogen) atoms. The Hall–Kier alpha value is -1.54. The highest BCUT2D eigenvalue weighted by atomic mass is 19.3. The highest BCUT2D eigenvalue weighted by Gasteiger charge is 2.47. The lowest BCUT2D eigenvalue weighted by molar-refractivity contribution is 0.00290. The fraction of sp³-hybridized carbons (Fsp3) is 0.733. The van der Waals surface area contributed by atoms with Crippen molar-refractivity contribution in [3.63, 3.8) is 0 Å². The van der Waals surface area contributed by atoms with Gasteiger partial charge in [-0.2, -0.15) is 0 Å². The number of amides is 1. The third kappa shape index (κ3) is 3.23. The molecule has 2 fully saturated rings. The van der Waals surface area contributed by atoms with E-state index >= 15 is 0 Å². The molecule has 6 nitrogen and oxygen atoms in total. The van der Waals surface area contributed by atoms with Gasteiger partial charge in [0.15, 0.2) is 5.82 Å². The van der Waals surface area contributed by atoms with Crippen LogP contribution in [0.15, 0.2) is 12.4 Å². The first kappa shape index (κ1) is 16.3. The summed E-state index contributed by atoms with van der Waals surface area (Å²) in [5, 5.41) is 9.34. The summed E-state index contributed by atoms with van der Waals surface area (Å²) in [5.74, 6) is -2.46. The van der Waals surface area contributed by atoms with E-state index in [0.29, 0.717) is 31.8 Å². The lowest BCUT2D eigenvalue weighted by atomic mass is 10.0. The van der Waals surface area contributed by atoms with Gasteiger partial charge in [0.05, 0.1) is 13.2 Å². The molecule has 1 aromatic rings. The Balaban J connectivity index is 1.60. The zero-order valence-corrected chi connectivity index (χ0v) is 13.2. The summed E-state index contributed by atoms with van der Waals surface area (Å²) in [5.41, 5.74) is 0. The first-order chi connectivity index (χ1) is 10.9. The fourth-order valence-corrected chi connectivity index (χ4v) is 3.63. The number of aliphatic hydroxyl groups excluding tert-OH is 1. The summed E-state index contributed by atoms with van der Waals surface area (Å²) in [4.78, 5) is 19.9. The number of hydrogen-bond donors (Lipinski definition) is 1. The minimum Gasteiger partial charge on any atom is -0.395 e. The molecule has 0 saturated carbocycles. The van der Waals surface area contributed by atoms with Crippen molar-refractivity contribution in [2.45, 2.75) is 37.3 Å². The first-order valence-electron chi connectivity index (χ1n) is 7.92. The van der Waals surface area contributed by atoms with E-state index in [1.165, 1.54) is 0 Å². The molecule has 2 aliphatic rings. The van der Waals surface area contributed by atoms with Crippen LogP contribution < -0.4 is 0 Å². The molecule has 8 heteroatoms. The molecule has 128 valence electrons. The van der Waals surface area contributed by atoms with Gasteiger partial charge >= 0.3 is 0 Å². The fourth-order valence-electron chi connectivity index (χ4n) is 3.63. The number of carbonyl (C=O) groups is 1. The first-order valence-corrected chi connectivity index (χ1v) is 7.92. The van der Waals surface area contributed by atoms with Gasteiger partial charge in [0.1, 0.15) is 0 Å². The number of halogens is 2. The Kier molecular flexibility index (Phi) is 4.37. The van der Waals surface area contributed by atoms with Crippen molar-refractivity contribution in [3.05, 3.63) is 18.2 Å². The average Bonchev–Trinajstić information content (AvgIpc) is 3.09. The number of aryl methyl sites for hydroxylation is 1. The van der Waals surface area contributed by atoms with E-state index in [4.69, 9.17) is 0 Å². The smallest absolute Gasteiger partial charge is 0.289 e. The summed E-state index contributed by atoms with van der Waals surface area (Å²) in [7, 11) is 1.77. The molecule has 0 spiro atoms. The minimum absolute atomic E-state index is 0.00838. The van der Waals surface area contributed by atoms with Crippen LogP contribution in [0.5, 0.6) is 0 Å². The number of carbonyl (C=O) groups excluding carboxylic acids is 1. The molecule has 0 radical (unpaired) electrons. The number of alkyl halides is 2. The predicted octanol–water partition coefficient (Wildman–Crippen LogP) is 0.727. The standard InChI is InChI=1S/C15H22F2N4O2/c1-19-7-4-18-13(19)14(23)20-5-2-11(3-6-20)21-10-15(16,17)8-12(21)9-22/h4,7,11-12,22H,2-3,5-6,8-10H2,1H3/t12-/m0/s1. The van der Waals surface area contributed by atoms with Crippen LogP contribution in [0.25, 0.3) is 0 Å². The van der Waals surface area contributed by atoms with E-state index in [9.17, 15) is 18.7 Å². The summed E-state index contributed by atoms with van der Waals surface area (Å²) in [6, 6.07) is -0.488. The number of likely N-dealkylation sites (tertiary alicyclic amines) is 2. The van der Waals surface area contributed by atoms with Crippen LogP contribution >= 0.6 is 0 Å². The molecule has 0 unspecified atom stereocenters. The maximum absolute atomic E-state index is 13.6. The molecule has 3 rings (SSSR count). The Morgan fingerprint density at radius 3 is 2.70 bits per heavy atom. The van der Waals surface area contributed by atoms with Crippen LogP contribution in [-0.2, 0) is 7.05 Å². The lowest BCUT2D eigenvalue weighted by Crippen LogP contribution is -2.49. The van der Waals surface area contributed by atoms with Crippen LogP contribution in [-0.4, -0.2) is 74.6 Å². The van der Waals surface area contributed by atoms with Crippen molar-refractivity contribution in [2.75, 3.05) is 26.2 Å². The molecular formula is C15H22F2N4O2. The topological polar surface area (TPSA) is 61.6 Å². The van der Waals surface area contributed by atoms with Crippen LogP contribution in [0.1, 0.15) is 29.9 Å². The Morgan fingerprint density at radius 2 is 2.13 bits per heavy atom. The van der Waals surface area contributed by atoms with E-state index in [-0.39, 0.29) is 31.5 Å². The summed E-state index contributed by atoms with van der Waals surface area (Å²) >= 11 is 0. The van der Waals surface area contributed by atoms with E-state index < -0.39 is 12.0 Å². The Bertz CT molecular complexity index is 570. The zero-order chi connectivity index (χ0) is 16.6. The lowest BCUT2D eigenvalue weighted by Gasteiger charge is -2.38. The number of imidazole rings is 1. The van der Waals surface area contributed by atoms with E-state index in [1.54, 1.807) is 33.8 Å². The van der Waals surface area contributed by atoms with Gasteiger partial charge in [0.25, 0.3) is 11.8 Å². The van der Waals surface area contributed by atoms with Gasteiger partial charge < -0.3 is 14.6 Å². The highest BCUT2D eigenvalue weighted by Crippen LogP contribution is 2.35. The number of rotatable bonds is 3. The van der Waals surface area contributed by atoms with Crippen LogP contribution in [0.3, 0.4) is 0 Å². The molecule has 3 heterocycles. The third-order valence-corrected chi connectivity index (χ3v) is 4.86. The number of hydrogen-bond acceptors (Lipinski definition) is 4. The molecular weight excluding hydrogens is 306 g/mol. The molecule has 1 amide bonds. The SMILES string of the molecule is Cn1ccnc1C(=O)N1CCC(N2CC(F)(F)C[C@H]2CO)CC1. The largest absolute Gasteiger partial charge is 0.395 e. The van der Waals surface area contributed by atoms with Crippen molar-refractivity contribution in [3.8, 4) is 0 Å². The molecule has 1 aromatic heterocycles. The summed E-state index contributed by atoms with van der Waals surface area (Å²) in [6.07, 6.45) is 4.30. The second kappa shape index (κ2) is 6.16. The second-order valence-corrected chi connectivity index (χ2v) is 6.45. The predicted molar refractivity (Wildman–Crippen MR) is 79.3 cm³/mol. The maximum atomic E-state index is 13.6. The van der Waals surface area contributed by atoms with Crippen molar-refractivity contribution >= 4 is 5.91 Å². The number of aliphatic hydroxyl groups is 1. The van der Waals surface area contributed by atoms with Crippen LogP contribution in [0.2, 0.25) is 0 Å². The van der Waals surface area contributed by atoms with Gasteiger partial charge in [0, 0.05) is 51.0 Å². The molecule has 0 aliphatic carbocycles. The van der Waals surface area contributed by atoms with Gasteiger partial charge in [-0.15, -0.1) is 0 Å². The summed E-state index contributed by atoms with van der Waals surface area (Å²) in [6.45, 7) is 0.505. The quantitative estimate of drug-likeness (QED) is 0.888.